The van der Waals surface area contributed by atoms with E-state index in [4.69, 9.17) is 4.74 Å². The summed E-state index contributed by atoms with van der Waals surface area (Å²) in [6, 6.07) is 7.84. The predicted molar refractivity (Wildman–Crippen MR) is 74.3 cm³/mol. The van der Waals surface area contributed by atoms with Crippen molar-refractivity contribution >= 4 is 5.91 Å². The summed E-state index contributed by atoms with van der Waals surface area (Å²) in [5.41, 5.74) is 1.17. The lowest BCUT2D eigenvalue weighted by Gasteiger charge is -2.06. The Hall–Kier alpha value is -2.37. The molecule has 0 fully saturated rings. The van der Waals surface area contributed by atoms with Crippen LogP contribution in [-0.2, 0) is 17.8 Å². The molecule has 6 nitrogen and oxygen atoms in total. The zero-order valence-electron chi connectivity index (χ0n) is 11.5. The van der Waals surface area contributed by atoms with E-state index < -0.39 is 0 Å². The van der Waals surface area contributed by atoms with Gasteiger partial charge in [-0.15, -0.1) is 0 Å². The van der Waals surface area contributed by atoms with Crippen LogP contribution in [0.5, 0.6) is 5.75 Å². The summed E-state index contributed by atoms with van der Waals surface area (Å²) < 4.78 is 6.74. The monoisotopic (exact) mass is 274 g/mol. The van der Waals surface area contributed by atoms with Gasteiger partial charge in [0.2, 0.25) is 5.91 Å². The molecule has 1 aromatic carbocycles. The zero-order valence-corrected chi connectivity index (χ0v) is 11.5. The molecule has 1 heterocycles. The molecule has 20 heavy (non-hydrogen) atoms. The van der Waals surface area contributed by atoms with Gasteiger partial charge in [-0.2, -0.15) is 5.10 Å². The average Bonchev–Trinajstić information content (AvgIpc) is 2.99. The molecule has 6 heteroatoms. The number of nitrogens with zero attached hydrogens (tertiary/aromatic N) is 3. The Kier molecular flexibility index (Phi) is 5.11. The Labute approximate surface area is 117 Å². The molecule has 0 unspecified atom stereocenters. The van der Waals surface area contributed by atoms with Crippen molar-refractivity contribution in [1.82, 2.24) is 20.1 Å². The first kappa shape index (κ1) is 14.0. The molecule has 0 spiro atoms. The van der Waals surface area contributed by atoms with E-state index in [1.807, 2.05) is 24.3 Å². The van der Waals surface area contributed by atoms with Crippen LogP contribution in [0.3, 0.4) is 0 Å². The second-order valence-corrected chi connectivity index (χ2v) is 4.36. The molecule has 1 aromatic heterocycles. The normalized spacial score (nSPS) is 10.2. The Bertz CT molecular complexity index is 523. The summed E-state index contributed by atoms with van der Waals surface area (Å²) in [7, 11) is 1.64. The van der Waals surface area contributed by atoms with Gasteiger partial charge in [-0.3, -0.25) is 9.48 Å². The van der Waals surface area contributed by atoms with Crippen molar-refractivity contribution in [3.63, 3.8) is 0 Å². The van der Waals surface area contributed by atoms with E-state index in [0.717, 1.165) is 12.2 Å². The Morgan fingerprint density at radius 1 is 1.35 bits per heavy atom. The molecule has 1 N–H and O–H groups in total. The van der Waals surface area contributed by atoms with Gasteiger partial charge < -0.3 is 10.1 Å². The Morgan fingerprint density at radius 2 is 2.15 bits per heavy atom. The van der Waals surface area contributed by atoms with Crippen molar-refractivity contribution in [2.24, 2.45) is 0 Å². The molecular formula is C14H18N4O2. The van der Waals surface area contributed by atoms with Gasteiger partial charge in [-0.05, 0) is 24.1 Å². The number of aromatic nitrogens is 3. The molecule has 0 aliphatic rings. The number of amides is 1. The second-order valence-electron chi connectivity index (χ2n) is 4.36. The number of aryl methyl sites for hydroxylation is 1. The van der Waals surface area contributed by atoms with E-state index in [1.54, 1.807) is 18.1 Å². The fourth-order valence-corrected chi connectivity index (χ4v) is 1.79. The number of ether oxygens (including phenoxy) is 1. The topological polar surface area (TPSA) is 69.0 Å². The van der Waals surface area contributed by atoms with Crippen molar-refractivity contribution in [2.75, 3.05) is 13.7 Å². The third kappa shape index (κ3) is 4.38. The highest BCUT2D eigenvalue weighted by Crippen LogP contribution is 2.11. The molecule has 0 saturated carbocycles. The van der Waals surface area contributed by atoms with Gasteiger partial charge >= 0.3 is 0 Å². The Balaban J connectivity index is 1.65. The molecular weight excluding hydrogens is 256 g/mol. The summed E-state index contributed by atoms with van der Waals surface area (Å²) >= 11 is 0. The molecule has 0 bridgehead atoms. The van der Waals surface area contributed by atoms with E-state index in [2.05, 4.69) is 15.4 Å². The van der Waals surface area contributed by atoms with Crippen molar-refractivity contribution in [2.45, 2.75) is 19.4 Å². The van der Waals surface area contributed by atoms with Crippen LogP contribution >= 0.6 is 0 Å². The highest BCUT2D eigenvalue weighted by atomic mass is 16.5. The lowest BCUT2D eigenvalue weighted by atomic mass is 10.1. The predicted octanol–water partition coefficient (Wildman–Crippen LogP) is 1.04. The van der Waals surface area contributed by atoms with Crippen LogP contribution in [0, 0.1) is 0 Å². The molecule has 0 radical (unpaired) electrons. The number of carbonyl (C=O) groups is 1. The van der Waals surface area contributed by atoms with Crippen LogP contribution in [0.25, 0.3) is 0 Å². The van der Waals surface area contributed by atoms with E-state index in [-0.39, 0.29) is 5.91 Å². The minimum Gasteiger partial charge on any atom is -0.497 e. The van der Waals surface area contributed by atoms with Gasteiger partial charge in [-0.1, -0.05) is 12.1 Å². The maximum Gasteiger partial charge on any atom is 0.221 e. The van der Waals surface area contributed by atoms with Crippen LogP contribution in [0.4, 0.5) is 0 Å². The number of methoxy groups -OCH3 is 1. The highest BCUT2D eigenvalue weighted by molar-refractivity contribution is 5.75. The minimum absolute atomic E-state index is 0.0222. The largest absolute Gasteiger partial charge is 0.497 e. The smallest absolute Gasteiger partial charge is 0.221 e. The lowest BCUT2D eigenvalue weighted by Crippen LogP contribution is -2.26. The van der Waals surface area contributed by atoms with Crippen molar-refractivity contribution < 1.29 is 9.53 Å². The lowest BCUT2D eigenvalue weighted by molar-refractivity contribution is -0.121. The van der Waals surface area contributed by atoms with E-state index in [9.17, 15) is 4.79 Å². The van der Waals surface area contributed by atoms with Gasteiger partial charge in [0, 0.05) is 13.0 Å². The van der Waals surface area contributed by atoms with Crippen LogP contribution in [0.2, 0.25) is 0 Å². The summed E-state index contributed by atoms with van der Waals surface area (Å²) in [4.78, 5) is 15.5. The molecule has 0 atom stereocenters. The maximum absolute atomic E-state index is 11.6. The number of nitrogens with one attached hydrogen (secondary N) is 1. The molecule has 2 rings (SSSR count). The fraction of sp³-hybridized carbons (Fsp3) is 0.357. The number of benzene rings is 1. The number of carbonyl (C=O) groups excluding carboxylic acids is 1. The van der Waals surface area contributed by atoms with Gasteiger partial charge in [0.05, 0.1) is 13.7 Å². The third-order valence-electron chi connectivity index (χ3n) is 2.93. The standard InChI is InChI=1S/C14H18N4O2/c1-20-13-4-2-12(3-5-13)6-8-16-14(19)7-9-18-11-15-10-17-18/h2-5,10-11H,6-9H2,1H3,(H,16,19). The first-order chi connectivity index (χ1) is 9.78. The van der Waals surface area contributed by atoms with Gasteiger partial charge in [0.1, 0.15) is 18.4 Å². The molecule has 0 aliphatic carbocycles. The Morgan fingerprint density at radius 3 is 2.80 bits per heavy atom. The fourth-order valence-electron chi connectivity index (χ4n) is 1.79. The zero-order chi connectivity index (χ0) is 14.2. The maximum atomic E-state index is 11.6. The van der Waals surface area contributed by atoms with Crippen LogP contribution in [-0.4, -0.2) is 34.3 Å². The van der Waals surface area contributed by atoms with Crippen LogP contribution < -0.4 is 10.1 Å². The van der Waals surface area contributed by atoms with Crippen LogP contribution in [0.1, 0.15) is 12.0 Å². The number of hydrogen-bond acceptors (Lipinski definition) is 4. The first-order valence-corrected chi connectivity index (χ1v) is 6.50. The van der Waals surface area contributed by atoms with Gasteiger partial charge in [-0.25, -0.2) is 4.98 Å². The number of rotatable bonds is 7. The summed E-state index contributed by atoms with van der Waals surface area (Å²) in [5, 5.41) is 6.84. The quantitative estimate of drug-likeness (QED) is 0.819. The van der Waals surface area contributed by atoms with Crippen molar-refractivity contribution in [1.29, 1.82) is 0 Å². The van der Waals surface area contributed by atoms with Crippen LogP contribution in [0.15, 0.2) is 36.9 Å². The minimum atomic E-state index is 0.0222. The average molecular weight is 274 g/mol. The molecule has 0 saturated heterocycles. The van der Waals surface area contributed by atoms with Crippen molar-refractivity contribution in [3.8, 4) is 5.75 Å². The van der Waals surface area contributed by atoms with E-state index >= 15 is 0 Å². The SMILES string of the molecule is COc1ccc(CCNC(=O)CCn2cncn2)cc1. The third-order valence-corrected chi connectivity index (χ3v) is 2.93. The van der Waals surface area contributed by atoms with E-state index in [0.29, 0.717) is 19.5 Å². The molecule has 0 aliphatic heterocycles. The number of hydrogen-bond donors (Lipinski definition) is 1. The molecule has 106 valence electrons. The summed E-state index contributed by atoms with van der Waals surface area (Å²) in [5.74, 6) is 0.861. The van der Waals surface area contributed by atoms with Gasteiger partial charge in [0.15, 0.2) is 0 Å². The van der Waals surface area contributed by atoms with Crippen molar-refractivity contribution in [3.05, 3.63) is 42.5 Å². The second kappa shape index (κ2) is 7.28. The van der Waals surface area contributed by atoms with E-state index in [1.165, 1.54) is 11.9 Å². The summed E-state index contributed by atoms with van der Waals surface area (Å²) in [6.45, 7) is 1.18. The molecule has 1 amide bonds. The summed E-state index contributed by atoms with van der Waals surface area (Å²) in [6.07, 6.45) is 4.28. The van der Waals surface area contributed by atoms with Gasteiger partial charge in [0.25, 0.3) is 0 Å². The molecule has 2 aromatic rings. The first-order valence-electron chi connectivity index (χ1n) is 6.50. The highest BCUT2D eigenvalue weighted by Gasteiger charge is 2.02.